The fraction of sp³-hybridized carbons (Fsp3) is 0.556. The van der Waals surface area contributed by atoms with E-state index in [0.29, 0.717) is 18.4 Å². The number of nitrogens with one attached hydrogen (secondary N) is 2. The number of carbonyl (C=O) groups excluding carboxylic acids is 2. The van der Waals surface area contributed by atoms with E-state index in [1.165, 1.54) is 26.1 Å². The number of fused-ring (bicyclic) bond motifs is 3. The summed E-state index contributed by atoms with van der Waals surface area (Å²) in [6.07, 6.45) is 0.544. The number of nitrogens with zero attached hydrogens (tertiary/aromatic N) is 1. The van der Waals surface area contributed by atoms with Crippen LogP contribution in [0.5, 0.6) is 0 Å². The average molecular weight is 365 g/mol. The predicted molar refractivity (Wildman–Crippen MR) is 93.0 cm³/mol. The lowest BCUT2D eigenvalue weighted by molar-refractivity contribution is -0.147. The molecule has 4 atom stereocenters. The molecule has 142 valence electrons. The number of benzene rings is 1. The number of hydrogen-bond acceptors (Lipinski definition) is 6. The van der Waals surface area contributed by atoms with Crippen LogP contribution in [0.25, 0.3) is 0 Å². The molecule has 2 heterocycles. The minimum Gasteiger partial charge on any atom is -0.374 e. The molecule has 0 aromatic heterocycles. The van der Waals surface area contributed by atoms with Gasteiger partial charge in [0.2, 0.25) is 5.91 Å². The number of hydrogen-bond donors (Lipinski definition) is 3. The van der Waals surface area contributed by atoms with Crippen LogP contribution in [0.3, 0.4) is 0 Å². The van der Waals surface area contributed by atoms with Gasteiger partial charge in [0, 0.05) is 12.2 Å². The predicted octanol–water partition coefficient (Wildman–Crippen LogP) is 0.162. The number of ether oxygens (including phenoxy) is 1. The summed E-state index contributed by atoms with van der Waals surface area (Å²) in [4.78, 5) is 27.2. The van der Waals surface area contributed by atoms with Gasteiger partial charge in [-0.05, 0) is 51.1 Å². The summed E-state index contributed by atoms with van der Waals surface area (Å²) in [5.41, 5.74) is -0.110. The third-order valence-electron chi connectivity index (χ3n) is 5.27. The molecule has 1 amide bonds. The largest absolute Gasteiger partial charge is 0.374 e. The van der Waals surface area contributed by atoms with Crippen molar-refractivity contribution in [1.82, 2.24) is 10.6 Å². The highest BCUT2D eigenvalue weighted by molar-refractivity contribution is 6.00. The van der Waals surface area contributed by atoms with Gasteiger partial charge in [0.1, 0.15) is 17.5 Å². The monoisotopic (exact) mass is 365 g/mol. The molecule has 1 fully saturated rings. The highest BCUT2D eigenvalue weighted by Gasteiger charge is 2.54. The van der Waals surface area contributed by atoms with E-state index in [2.05, 4.69) is 10.6 Å². The second-order valence-corrected chi connectivity index (χ2v) is 7.20. The van der Waals surface area contributed by atoms with Crippen LogP contribution in [0.15, 0.2) is 18.2 Å². The van der Waals surface area contributed by atoms with Crippen molar-refractivity contribution in [1.29, 1.82) is 0 Å². The minimum atomic E-state index is -1.68. The van der Waals surface area contributed by atoms with Crippen molar-refractivity contribution in [3.63, 3.8) is 0 Å². The first-order valence-electron chi connectivity index (χ1n) is 8.59. The summed E-state index contributed by atoms with van der Waals surface area (Å²) in [7, 11) is 1.48. The number of aliphatic hydroxyl groups is 1. The van der Waals surface area contributed by atoms with Gasteiger partial charge in [-0.1, -0.05) is 0 Å². The first-order chi connectivity index (χ1) is 12.2. The number of anilines is 1. The molecular weight excluding hydrogens is 341 g/mol. The van der Waals surface area contributed by atoms with Gasteiger partial charge < -0.3 is 24.9 Å². The van der Waals surface area contributed by atoms with Gasteiger partial charge in [-0.15, -0.1) is 0 Å². The highest BCUT2D eigenvalue weighted by atomic mass is 19.1. The molecule has 0 bridgehead atoms. The Bertz CT molecular complexity index is 726. The first kappa shape index (κ1) is 18.8. The van der Waals surface area contributed by atoms with Crippen LogP contribution in [0.4, 0.5) is 10.1 Å². The van der Waals surface area contributed by atoms with Gasteiger partial charge in [0.15, 0.2) is 5.85 Å². The van der Waals surface area contributed by atoms with Crippen molar-refractivity contribution >= 4 is 17.9 Å². The fourth-order valence-electron chi connectivity index (χ4n) is 3.71. The lowest BCUT2D eigenvalue weighted by atomic mass is 9.71. The number of aldehydes is 1. The summed E-state index contributed by atoms with van der Waals surface area (Å²) in [6, 6.07) is 3.86. The number of amides is 1. The number of morpholine rings is 1. The van der Waals surface area contributed by atoms with E-state index >= 15 is 0 Å². The molecule has 1 aromatic rings. The first-order valence-corrected chi connectivity index (χ1v) is 8.59. The van der Waals surface area contributed by atoms with E-state index in [1.54, 1.807) is 6.07 Å². The van der Waals surface area contributed by atoms with Crippen LogP contribution in [0.2, 0.25) is 0 Å². The van der Waals surface area contributed by atoms with E-state index in [4.69, 9.17) is 4.74 Å². The standard InChI is InChI=1S/C18H24FN3O4/c1-11-8-22-14-5-4-13(19)6-12(14)7-18(10-23,15(22)9-26-11)16(24)21-17(2,25)20-3/h4-6,10-11,15,20,25H,7-9H2,1-3H3,(H,21,24)/t11-,15?,17?,18?/m1/s1. The molecule has 3 N–H and O–H groups in total. The van der Waals surface area contributed by atoms with Gasteiger partial charge in [-0.3, -0.25) is 10.1 Å². The fourth-order valence-corrected chi connectivity index (χ4v) is 3.71. The molecule has 2 aliphatic heterocycles. The molecule has 7 nitrogen and oxygen atoms in total. The van der Waals surface area contributed by atoms with Gasteiger partial charge in [0.05, 0.1) is 18.8 Å². The molecule has 2 aliphatic rings. The van der Waals surface area contributed by atoms with Crippen molar-refractivity contribution in [2.24, 2.45) is 5.41 Å². The van der Waals surface area contributed by atoms with Crippen LogP contribution in [-0.4, -0.2) is 55.5 Å². The van der Waals surface area contributed by atoms with E-state index in [0.717, 1.165) is 5.69 Å². The molecule has 0 aliphatic carbocycles. The number of halogens is 1. The molecule has 26 heavy (non-hydrogen) atoms. The topological polar surface area (TPSA) is 90.9 Å². The van der Waals surface area contributed by atoms with Crippen LogP contribution in [-0.2, 0) is 20.7 Å². The maximum atomic E-state index is 13.8. The van der Waals surface area contributed by atoms with E-state index < -0.39 is 29.0 Å². The van der Waals surface area contributed by atoms with Crippen molar-refractivity contribution in [3.8, 4) is 0 Å². The van der Waals surface area contributed by atoms with Gasteiger partial charge in [-0.2, -0.15) is 0 Å². The van der Waals surface area contributed by atoms with Gasteiger partial charge in [0.25, 0.3) is 0 Å². The third kappa shape index (κ3) is 3.08. The zero-order chi connectivity index (χ0) is 19.1. The minimum absolute atomic E-state index is 0.0358. The lowest BCUT2D eigenvalue weighted by Crippen LogP contribution is -2.68. The Labute approximate surface area is 151 Å². The molecule has 0 saturated carbocycles. The Kier molecular flexibility index (Phi) is 4.76. The Balaban J connectivity index is 2.07. The van der Waals surface area contributed by atoms with E-state index in [9.17, 15) is 19.1 Å². The van der Waals surface area contributed by atoms with E-state index in [-0.39, 0.29) is 19.1 Å². The lowest BCUT2D eigenvalue weighted by Gasteiger charge is -2.51. The van der Waals surface area contributed by atoms with Crippen LogP contribution in [0.1, 0.15) is 19.4 Å². The Morgan fingerprint density at radius 1 is 1.54 bits per heavy atom. The maximum absolute atomic E-state index is 13.8. The second kappa shape index (κ2) is 6.61. The summed E-state index contributed by atoms with van der Waals surface area (Å²) in [5, 5.41) is 15.2. The van der Waals surface area contributed by atoms with E-state index in [1.807, 2.05) is 11.8 Å². The van der Waals surface area contributed by atoms with Gasteiger partial charge >= 0.3 is 0 Å². The highest BCUT2D eigenvalue weighted by Crippen LogP contribution is 2.43. The quantitative estimate of drug-likeness (QED) is 0.400. The smallest absolute Gasteiger partial charge is 0.239 e. The summed E-state index contributed by atoms with van der Waals surface area (Å²) >= 11 is 0. The SMILES string of the molecule is CNC(C)(O)NC(=O)C1(C=O)Cc2cc(F)ccc2N2C[C@@H](C)OCC21. The van der Waals surface area contributed by atoms with Crippen LogP contribution < -0.4 is 15.5 Å². The molecular formula is C18H24FN3O4. The zero-order valence-corrected chi connectivity index (χ0v) is 15.1. The van der Waals surface area contributed by atoms with Crippen molar-refractivity contribution in [2.75, 3.05) is 25.1 Å². The molecule has 3 unspecified atom stereocenters. The van der Waals surface area contributed by atoms with Crippen LogP contribution >= 0.6 is 0 Å². The van der Waals surface area contributed by atoms with Crippen LogP contribution in [0, 0.1) is 11.2 Å². The van der Waals surface area contributed by atoms with Crippen molar-refractivity contribution in [2.45, 2.75) is 38.3 Å². The van der Waals surface area contributed by atoms with Crippen molar-refractivity contribution < 1.29 is 23.8 Å². The molecule has 8 heteroatoms. The molecule has 0 radical (unpaired) electrons. The summed E-state index contributed by atoms with van der Waals surface area (Å²) in [6.45, 7) is 3.94. The third-order valence-corrected chi connectivity index (χ3v) is 5.27. The average Bonchev–Trinajstić information content (AvgIpc) is 2.59. The Morgan fingerprint density at radius 3 is 2.92 bits per heavy atom. The number of carbonyl (C=O) groups is 2. The zero-order valence-electron chi connectivity index (χ0n) is 15.1. The second-order valence-electron chi connectivity index (χ2n) is 7.20. The summed E-state index contributed by atoms with van der Waals surface area (Å²) in [5.74, 6) is -2.73. The molecule has 3 rings (SSSR count). The molecule has 1 aromatic carbocycles. The van der Waals surface area contributed by atoms with Gasteiger partial charge in [-0.25, -0.2) is 4.39 Å². The Morgan fingerprint density at radius 2 is 2.27 bits per heavy atom. The summed E-state index contributed by atoms with van der Waals surface area (Å²) < 4.78 is 19.5. The molecule has 0 spiro atoms. The maximum Gasteiger partial charge on any atom is 0.239 e. The molecule has 1 saturated heterocycles. The van der Waals surface area contributed by atoms with Crippen molar-refractivity contribution in [3.05, 3.63) is 29.6 Å². The normalized spacial score (nSPS) is 30.0. The number of rotatable bonds is 4. The Hall–Kier alpha value is -2.03.